The molecule has 0 radical (unpaired) electrons. The van der Waals surface area contributed by atoms with Crippen molar-refractivity contribution in [3.05, 3.63) is 90.2 Å². The number of rotatable bonds is 7. The first-order chi connectivity index (χ1) is 14.3. The average Bonchev–Trinajstić information content (AvgIpc) is 3.29. The van der Waals surface area contributed by atoms with Crippen LogP contribution < -0.4 is 10.1 Å². The van der Waals surface area contributed by atoms with Gasteiger partial charge in [0.1, 0.15) is 18.1 Å². The average molecular weight is 387 g/mol. The Kier molecular flexibility index (Phi) is 5.52. The van der Waals surface area contributed by atoms with E-state index in [1.165, 1.54) is 18.6 Å². The van der Waals surface area contributed by atoms with E-state index in [-0.39, 0.29) is 11.7 Å². The Morgan fingerprint density at radius 3 is 2.59 bits per heavy atom. The summed E-state index contributed by atoms with van der Waals surface area (Å²) in [6.45, 7) is 0.822. The number of amides is 1. The number of ether oxygens (including phenoxy) is 1. The van der Waals surface area contributed by atoms with Crippen molar-refractivity contribution in [2.45, 2.75) is 13.2 Å². The first-order valence-electron chi connectivity index (χ1n) is 8.92. The third-order valence-corrected chi connectivity index (χ3v) is 4.04. The monoisotopic (exact) mass is 387 g/mol. The molecule has 144 valence electrons. The number of carbonyl (C=O) groups excluding carboxylic acids is 1. The highest BCUT2D eigenvalue weighted by molar-refractivity contribution is 5.89. The lowest BCUT2D eigenvalue weighted by Crippen LogP contribution is -2.23. The highest BCUT2D eigenvalue weighted by atomic mass is 16.5. The Balaban J connectivity index is 1.30. The van der Waals surface area contributed by atoms with Crippen LogP contribution in [-0.2, 0) is 13.2 Å². The predicted molar refractivity (Wildman–Crippen MR) is 104 cm³/mol. The summed E-state index contributed by atoms with van der Waals surface area (Å²) in [4.78, 5) is 24.3. The van der Waals surface area contributed by atoms with Gasteiger partial charge in [-0.25, -0.2) is 4.98 Å². The molecule has 0 unspecified atom stereocenters. The molecule has 2 heterocycles. The van der Waals surface area contributed by atoms with Crippen molar-refractivity contribution in [3.8, 4) is 17.3 Å². The summed E-state index contributed by atoms with van der Waals surface area (Å²) >= 11 is 0. The molecule has 0 saturated carbocycles. The molecule has 29 heavy (non-hydrogen) atoms. The number of carbonyl (C=O) groups is 1. The maximum atomic E-state index is 12.2. The lowest BCUT2D eigenvalue weighted by Gasteiger charge is -2.07. The topological polar surface area (TPSA) is 103 Å². The minimum Gasteiger partial charge on any atom is -0.489 e. The first kappa shape index (κ1) is 18.3. The van der Waals surface area contributed by atoms with Gasteiger partial charge in [-0.1, -0.05) is 47.6 Å². The molecule has 2 aromatic carbocycles. The second-order valence-electron chi connectivity index (χ2n) is 6.11. The third kappa shape index (κ3) is 4.81. The van der Waals surface area contributed by atoms with Crippen molar-refractivity contribution in [1.29, 1.82) is 0 Å². The van der Waals surface area contributed by atoms with Crippen molar-refractivity contribution in [1.82, 2.24) is 25.4 Å². The van der Waals surface area contributed by atoms with Gasteiger partial charge in [-0.15, -0.1) is 0 Å². The van der Waals surface area contributed by atoms with Crippen LogP contribution in [0.15, 0.2) is 77.7 Å². The number of hydrogen-bond donors (Lipinski definition) is 1. The van der Waals surface area contributed by atoms with E-state index in [9.17, 15) is 4.79 Å². The van der Waals surface area contributed by atoms with Crippen LogP contribution in [0.25, 0.3) is 11.5 Å². The maximum Gasteiger partial charge on any atom is 0.316 e. The summed E-state index contributed by atoms with van der Waals surface area (Å²) in [5.41, 5.74) is 2.45. The molecule has 4 rings (SSSR count). The van der Waals surface area contributed by atoms with Gasteiger partial charge in [0.2, 0.25) is 5.82 Å². The van der Waals surface area contributed by atoms with E-state index in [1.54, 1.807) is 0 Å². The van der Waals surface area contributed by atoms with Crippen LogP contribution in [0.4, 0.5) is 0 Å². The molecule has 1 N–H and O–H groups in total. The summed E-state index contributed by atoms with van der Waals surface area (Å²) < 4.78 is 10.8. The van der Waals surface area contributed by atoms with Gasteiger partial charge < -0.3 is 14.6 Å². The van der Waals surface area contributed by atoms with E-state index >= 15 is 0 Å². The SMILES string of the molecule is O=C(NCc1ccc(OCc2ccccc2)cc1)c1nc(-c2cnccn2)no1. The van der Waals surface area contributed by atoms with Gasteiger partial charge in [-0.05, 0) is 23.3 Å². The molecule has 0 aliphatic rings. The van der Waals surface area contributed by atoms with Gasteiger partial charge in [0.15, 0.2) is 0 Å². The molecule has 4 aromatic rings. The van der Waals surface area contributed by atoms with Crippen LogP contribution in [0, 0.1) is 0 Å². The van der Waals surface area contributed by atoms with Crippen LogP contribution >= 0.6 is 0 Å². The molecule has 1 amide bonds. The van der Waals surface area contributed by atoms with Crippen molar-refractivity contribution in [3.63, 3.8) is 0 Å². The normalized spacial score (nSPS) is 10.5. The fraction of sp³-hybridized carbons (Fsp3) is 0.0952. The molecule has 0 saturated heterocycles. The summed E-state index contributed by atoms with van der Waals surface area (Å²) in [5.74, 6) is 0.378. The van der Waals surface area contributed by atoms with E-state index < -0.39 is 5.91 Å². The molecule has 8 heteroatoms. The first-order valence-corrected chi connectivity index (χ1v) is 8.92. The summed E-state index contributed by atoms with van der Waals surface area (Å²) in [6, 6.07) is 17.4. The largest absolute Gasteiger partial charge is 0.489 e. The van der Waals surface area contributed by atoms with Gasteiger partial charge in [0.25, 0.3) is 0 Å². The Morgan fingerprint density at radius 2 is 1.83 bits per heavy atom. The summed E-state index contributed by atoms with van der Waals surface area (Å²) in [5, 5.41) is 6.50. The van der Waals surface area contributed by atoms with Gasteiger partial charge in [0, 0.05) is 18.9 Å². The zero-order valence-corrected chi connectivity index (χ0v) is 15.4. The zero-order valence-electron chi connectivity index (χ0n) is 15.4. The van der Waals surface area contributed by atoms with Crippen LogP contribution in [-0.4, -0.2) is 26.0 Å². The van der Waals surface area contributed by atoms with Gasteiger partial charge >= 0.3 is 11.8 Å². The maximum absolute atomic E-state index is 12.2. The van der Waals surface area contributed by atoms with E-state index in [0.29, 0.717) is 18.8 Å². The molecule has 0 fully saturated rings. The molecular formula is C21H17N5O3. The zero-order chi connectivity index (χ0) is 19.9. The van der Waals surface area contributed by atoms with Crippen molar-refractivity contribution in [2.75, 3.05) is 0 Å². The van der Waals surface area contributed by atoms with E-state index in [4.69, 9.17) is 9.26 Å². The molecule has 0 aliphatic carbocycles. The molecule has 0 spiro atoms. The second kappa shape index (κ2) is 8.75. The van der Waals surface area contributed by atoms with Gasteiger partial charge in [-0.3, -0.25) is 9.78 Å². The highest BCUT2D eigenvalue weighted by Crippen LogP contribution is 2.15. The van der Waals surface area contributed by atoms with E-state index in [0.717, 1.165) is 16.9 Å². The molecule has 2 aromatic heterocycles. The molecule has 8 nitrogen and oxygen atoms in total. The lowest BCUT2D eigenvalue weighted by molar-refractivity contribution is 0.0907. The Hall–Kier alpha value is -4.07. The predicted octanol–water partition coefficient (Wildman–Crippen LogP) is 3.04. The fourth-order valence-corrected chi connectivity index (χ4v) is 2.54. The number of nitrogens with zero attached hydrogens (tertiary/aromatic N) is 4. The fourth-order valence-electron chi connectivity index (χ4n) is 2.54. The Labute approximate surface area is 166 Å². The van der Waals surface area contributed by atoms with Gasteiger partial charge in [0.05, 0.1) is 6.20 Å². The number of hydrogen-bond acceptors (Lipinski definition) is 7. The Morgan fingerprint density at radius 1 is 1.00 bits per heavy atom. The minimum atomic E-state index is -0.461. The number of benzene rings is 2. The van der Waals surface area contributed by atoms with Crippen molar-refractivity contribution >= 4 is 5.91 Å². The minimum absolute atomic E-state index is 0.131. The molecule has 0 atom stereocenters. The molecule has 0 bridgehead atoms. The standard InChI is InChI=1S/C21H17N5O3/c27-20(21-25-19(26-29-21)18-13-22-10-11-23-18)24-12-15-6-8-17(9-7-15)28-14-16-4-2-1-3-5-16/h1-11,13H,12,14H2,(H,24,27). The van der Waals surface area contributed by atoms with E-state index in [1.807, 2.05) is 54.6 Å². The van der Waals surface area contributed by atoms with Crippen molar-refractivity contribution in [2.24, 2.45) is 0 Å². The smallest absolute Gasteiger partial charge is 0.316 e. The highest BCUT2D eigenvalue weighted by Gasteiger charge is 2.16. The number of aromatic nitrogens is 4. The summed E-state index contributed by atoms with van der Waals surface area (Å²) in [7, 11) is 0. The molecular weight excluding hydrogens is 370 g/mol. The summed E-state index contributed by atoms with van der Waals surface area (Å²) in [6.07, 6.45) is 4.54. The van der Waals surface area contributed by atoms with Crippen molar-refractivity contribution < 1.29 is 14.1 Å². The Bertz CT molecular complexity index is 1070. The third-order valence-electron chi connectivity index (χ3n) is 4.04. The lowest BCUT2D eigenvalue weighted by atomic mass is 10.2. The quantitative estimate of drug-likeness (QED) is 0.520. The number of nitrogens with one attached hydrogen (secondary N) is 1. The van der Waals surface area contributed by atoms with Crippen LogP contribution in [0.5, 0.6) is 5.75 Å². The van der Waals surface area contributed by atoms with Crippen LogP contribution in [0.2, 0.25) is 0 Å². The van der Waals surface area contributed by atoms with Crippen LogP contribution in [0.1, 0.15) is 21.8 Å². The molecule has 0 aliphatic heterocycles. The van der Waals surface area contributed by atoms with E-state index in [2.05, 4.69) is 25.4 Å². The van der Waals surface area contributed by atoms with Gasteiger partial charge in [-0.2, -0.15) is 4.98 Å². The van der Waals surface area contributed by atoms with Crippen LogP contribution in [0.3, 0.4) is 0 Å². The second-order valence-corrected chi connectivity index (χ2v) is 6.11.